The van der Waals surface area contributed by atoms with Gasteiger partial charge in [0.25, 0.3) is 0 Å². The fourth-order valence-electron chi connectivity index (χ4n) is 23.5. The Morgan fingerprint density at radius 1 is 0.197 bits per heavy atom. The molecule has 4 aliphatic carbocycles. The van der Waals surface area contributed by atoms with Gasteiger partial charge in [-0.05, 0) is 159 Å². The molecule has 0 amide bonds. The number of nitrogens with zero attached hydrogens (tertiary/aromatic N) is 10. The smallest absolute Gasteiger partial charge is 0.235 e. The normalized spacial score (nSPS) is 14.1. The minimum absolute atomic E-state index is 0.0658. The third-order valence-corrected chi connectivity index (χ3v) is 30.0. The predicted molar refractivity (Wildman–Crippen MR) is 563 cm³/mol. The largest absolute Gasteiger partial charge is 0.456 e. The molecule has 11 heteroatoms. The van der Waals surface area contributed by atoms with Gasteiger partial charge in [0.15, 0.2) is 5.82 Å². The number of benzene rings is 17. The van der Waals surface area contributed by atoms with Crippen LogP contribution in [0.1, 0.15) is 100 Å². The summed E-state index contributed by atoms with van der Waals surface area (Å²) < 4.78 is 15.6. The monoisotopic (exact) mass is 1760 g/mol. The predicted octanol–water partition coefficient (Wildman–Crippen LogP) is 31.6. The average molecular weight is 1760 g/mol. The van der Waals surface area contributed by atoms with Crippen molar-refractivity contribution in [3.05, 3.63) is 445 Å². The molecule has 17 aromatic carbocycles. The molecule has 0 bridgehead atoms. The Kier molecular flexibility index (Phi) is 17.3. The molecule has 8 heterocycles. The van der Waals surface area contributed by atoms with E-state index in [0.29, 0.717) is 5.95 Å². The van der Waals surface area contributed by atoms with E-state index in [-0.39, 0.29) is 21.7 Å². The van der Waals surface area contributed by atoms with E-state index in [9.17, 15) is 0 Å². The topological polar surface area (TPSA) is 110 Å². The van der Waals surface area contributed by atoms with Gasteiger partial charge in [-0.25, -0.2) is 29.9 Å². The summed E-state index contributed by atoms with van der Waals surface area (Å²) in [6.45, 7) is 18.4. The van der Waals surface area contributed by atoms with Crippen LogP contribution >= 0.6 is 0 Å². The Bertz CT molecular complexity index is 9390. The lowest BCUT2D eigenvalue weighted by Crippen LogP contribution is -2.18. The summed E-state index contributed by atoms with van der Waals surface area (Å²) in [7, 11) is 0. The van der Waals surface area contributed by atoms with Crippen LogP contribution in [0.5, 0.6) is 0 Å². The van der Waals surface area contributed by atoms with Crippen LogP contribution in [0.25, 0.3) is 222 Å². The zero-order valence-electron chi connectivity index (χ0n) is 77.0. The lowest BCUT2D eigenvalue weighted by Gasteiger charge is -2.22. The van der Waals surface area contributed by atoms with E-state index in [1.165, 1.54) is 110 Å². The Morgan fingerprint density at radius 2 is 0.526 bits per heavy atom. The third kappa shape index (κ3) is 11.8. The maximum absolute atomic E-state index is 6.27. The van der Waals surface area contributed by atoms with Crippen LogP contribution in [0, 0.1) is 0 Å². The second-order valence-corrected chi connectivity index (χ2v) is 39.1. The van der Waals surface area contributed by atoms with Gasteiger partial charge in [0.2, 0.25) is 11.9 Å². The molecule has 0 aliphatic heterocycles. The highest BCUT2D eigenvalue weighted by Crippen LogP contribution is 2.57. The summed E-state index contributed by atoms with van der Waals surface area (Å²) in [6, 6.07) is 143. The first-order chi connectivity index (χ1) is 67.0. The van der Waals surface area contributed by atoms with Crippen molar-refractivity contribution in [2.75, 3.05) is 0 Å². The maximum Gasteiger partial charge on any atom is 0.235 e. The van der Waals surface area contributed by atoms with E-state index in [1.807, 2.05) is 12.1 Å². The van der Waals surface area contributed by atoms with Gasteiger partial charge in [-0.3, -0.25) is 9.13 Å². The van der Waals surface area contributed by atoms with Crippen molar-refractivity contribution in [3.8, 4) is 113 Å². The molecule has 0 N–H and O–H groups in total. The number of hydrogen-bond acceptors (Lipinski definition) is 7. The van der Waals surface area contributed by atoms with Gasteiger partial charge < -0.3 is 13.6 Å². The van der Waals surface area contributed by atoms with Crippen molar-refractivity contribution in [1.29, 1.82) is 0 Å². The molecule has 0 fully saturated rings. The molecule has 0 saturated carbocycles. The van der Waals surface area contributed by atoms with Gasteiger partial charge in [0, 0.05) is 126 Å². The van der Waals surface area contributed by atoms with Crippen molar-refractivity contribution >= 4 is 109 Å². The summed E-state index contributed by atoms with van der Waals surface area (Å²) in [6.07, 6.45) is 0. The van der Waals surface area contributed by atoms with Crippen LogP contribution in [0.4, 0.5) is 0 Å². The highest BCUT2D eigenvalue weighted by Gasteiger charge is 2.45. The Hall–Kier alpha value is -17.0. The van der Waals surface area contributed by atoms with Gasteiger partial charge in [-0.1, -0.05) is 353 Å². The van der Waals surface area contributed by atoms with Crippen LogP contribution < -0.4 is 0 Å². The van der Waals surface area contributed by atoms with Crippen LogP contribution in [0.2, 0.25) is 0 Å². The van der Waals surface area contributed by atoms with E-state index in [0.717, 1.165) is 151 Å². The molecule has 25 aromatic rings. The second kappa shape index (κ2) is 29.7. The zero-order chi connectivity index (χ0) is 91.6. The third-order valence-electron chi connectivity index (χ3n) is 30.0. The van der Waals surface area contributed by atoms with E-state index in [4.69, 9.17) is 34.3 Å². The van der Waals surface area contributed by atoms with E-state index >= 15 is 0 Å². The quantitative estimate of drug-likeness (QED) is 0.149. The van der Waals surface area contributed by atoms with Crippen LogP contribution in [0.3, 0.4) is 0 Å². The summed E-state index contributed by atoms with van der Waals surface area (Å²) >= 11 is 0. The standard InChI is InChI=1S/C43H30N4.C43H29N3O.C40H31N3/c1-43(2)34-22-12-9-21-31(34)39-40(27-15-5-3-6-16-27)44-42(45-41(39)43)47-36-24-14-11-20-30(36)33-25-37-32(26-38(33)47)29-19-10-13-23-35(29)46(37)28-17-7-4-8-18-28;1-43(2)34-17-9-6-16-31(34)39-40(26-12-4-3-5-13-26)44-42(45-41(39)43)27-20-22-28(23-21-27)46-35-18-10-7-14-29(35)32-25-38-33(24-36(32)46)30-15-8-11-19-37(30)47-38;1-39(2)30-19-11-8-16-25(30)28-23-34-29(22-32(28)39)26-17-10-13-21-33(26)43(34)38-41-36(24-14-6-5-7-15-24)35-27-18-9-12-20-31(27)40(3,4)37(35)42-38/h3-26H,1-2H3;3-25H,1-2H3;5-23H,1-4H3. The molecule has 0 radical (unpaired) electrons. The highest BCUT2D eigenvalue weighted by molar-refractivity contribution is 6.21. The van der Waals surface area contributed by atoms with Gasteiger partial charge >= 0.3 is 0 Å². The maximum atomic E-state index is 6.27. The van der Waals surface area contributed by atoms with Crippen LogP contribution in [-0.4, -0.2) is 48.2 Å². The lowest BCUT2D eigenvalue weighted by atomic mass is 9.82. The minimum Gasteiger partial charge on any atom is -0.456 e. The van der Waals surface area contributed by atoms with E-state index in [2.05, 4.69) is 462 Å². The van der Waals surface area contributed by atoms with Gasteiger partial charge in [-0.2, -0.15) is 0 Å². The van der Waals surface area contributed by atoms with Crippen LogP contribution in [-0.2, 0) is 21.7 Å². The van der Waals surface area contributed by atoms with Crippen molar-refractivity contribution in [3.63, 3.8) is 0 Å². The van der Waals surface area contributed by atoms with Crippen molar-refractivity contribution < 1.29 is 4.42 Å². The fraction of sp³-hybridized carbons (Fsp3) is 0.0952. The second-order valence-electron chi connectivity index (χ2n) is 39.1. The molecule has 0 saturated heterocycles. The Balaban J connectivity index is 0.000000104. The summed E-state index contributed by atoms with van der Waals surface area (Å²) in [4.78, 5) is 32.4. The molecule has 29 rings (SSSR count). The number of furan rings is 1. The van der Waals surface area contributed by atoms with Crippen molar-refractivity contribution in [1.82, 2.24) is 48.2 Å². The van der Waals surface area contributed by atoms with E-state index < -0.39 is 0 Å². The number of fused-ring (bicyclic) bond motifs is 27. The zero-order valence-corrected chi connectivity index (χ0v) is 77.0. The first kappa shape index (κ1) is 79.7. The molecule has 137 heavy (non-hydrogen) atoms. The number of para-hydroxylation sites is 6. The first-order valence-electron chi connectivity index (χ1n) is 47.4. The molecule has 11 nitrogen and oxygen atoms in total. The van der Waals surface area contributed by atoms with Crippen LogP contribution in [0.15, 0.2) is 405 Å². The molecule has 650 valence electrons. The van der Waals surface area contributed by atoms with Gasteiger partial charge in [-0.15, -0.1) is 0 Å². The van der Waals surface area contributed by atoms with Crippen molar-refractivity contribution in [2.24, 2.45) is 0 Å². The summed E-state index contributed by atoms with van der Waals surface area (Å²) in [5.74, 6) is 2.15. The van der Waals surface area contributed by atoms with E-state index in [1.54, 1.807) is 0 Å². The Labute approximate surface area is 791 Å². The van der Waals surface area contributed by atoms with Crippen molar-refractivity contribution in [2.45, 2.75) is 77.0 Å². The molecule has 0 unspecified atom stereocenters. The first-order valence-corrected chi connectivity index (χ1v) is 47.4. The SMILES string of the molecule is CC1(C)c2ccccc2-c2c(-c3ccccc3)nc(-c3ccc(-n4c5ccccc5c5cc6oc7ccccc7c6cc54)cc3)nc21.CC1(C)c2ccccc2-c2c(-c3ccccc3)nc(-n3c4ccccc4c4cc5c(cc43)c3ccccc3n5-c3ccccc3)nc21.CC1(C)c2ccccc2-c2cc3c(cc21)c1ccccc1n3-c1nc(-c2ccccc2)c2c(n1)C(C)(C)c1ccccc1-2. The molecule has 0 atom stereocenters. The Morgan fingerprint density at radius 3 is 0.985 bits per heavy atom. The lowest BCUT2D eigenvalue weighted by molar-refractivity contribution is 0.632. The minimum atomic E-state index is -0.276. The average Bonchev–Trinajstić information content (AvgIpc) is 1.55. The summed E-state index contributed by atoms with van der Waals surface area (Å²) in [5.41, 5.74) is 39.1. The molecule has 0 spiro atoms. The number of aromatic nitrogens is 10. The molecule has 4 aliphatic rings. The van der Waals surface area contributed by atoms with Gasteiger partial charge in [0.1, 0.15) is 11.2 Å². The highest BCUT2D eigenvalue weighted by atomic mass is 16.3. The number of hydrogen-bond donors (Lipinski definition) is 0. The number of rotatable bonds is 8. The summed E-state index contributed by atoms with van der Waals surface area (Å²) in [5, 5.41) is 11.9. The van der Waals surface area contributed by atoms with Gasteiger partial charge in [0.05, 0.1) is 78.3 Å². The molecular weight excluding hydrogens is 1670 g/mol. The molecule has 8 aromatic heterocycles. The fourth-order valence-corrected chi connectivity index (χ4v) is 23.5. The molecular formula is C126H90N10O.